The largest absolute Gasteiger partial charge is 0.367 e. The minimum absolute atomic E-state index is 0.0112. The summed E-state index contributed by atoms with van der Waals surface area (Å²) in [5.41, 5.74) is 1.93. The topological polar surface area (TPSA) is 42.4 Å². The van der Waals surface area contributed by atoms with Gasteiger partial charge in [-0.25, -0.2) is 0 Å². The lowest BCUT2D eigenvalue weighted by Gasteiger charge is -2.31. The molecule has 0 saturated heterocycles. The number of amides is 1. The van der Waals surface area contributed by atoms with Gasteiger partial charge < -0.3 is 9.64 Å². The Hall–Kier alpha value is -2.46. The van der Waals surface area contributed by atoms with Crippen LogP contribution in [-0.4, -0.2) is 29.4 Å². The molecule has 0 radical (unpaired) electrons. The zero-order valence-corrected chi connectivity index (χ0v) is 15.3. The van der Waals surface area contributed by atoms with E-state index in [4.69, 9.17) is 4.74 Å². The number of hydrogen-bond acceptors (Lipinski definition) is 3. The maximum absolute atomic E-state index is 13.3. The Morgan fingerprint density at radius 2 is 2.08 bits per heavy atom. The minimum Gasteiger partial charge on any atom is -0.367 e. The summed E-state index contributed by atoms with van der Waals surface area (Å²) in [6, 6.07) is 13.6. The van der Waals surface area contributed by atoms with E-state index in [1.165, 1.54) is 0 Å². The van der Waals surface area contributed by atoms with Crippen LogP contribution in [0.3, 0.4) is 0 Å². The van der Waals surface area contributed by atoms with Crippen LogP contribution in [0.2, 0.25) is 0 Å². The summed E-state index contributed by atoms with van der Waals surface area (Å²) in [6.45, 7) is 1.30. The number of allylic oxidation sites excluding steroid dienone is 2. The summed E-state index contributed by atoms with van der Waals surface area (Å²) in [4.78, 5) is 19.4. The van der Waals surface area contributed by atoms with Crippen molar-refractivity contribution in [1.82, 2.24) is 9.88 Å². The van der Waals surface area contributed by atoms with Crippen LogP contribution in [-0.2, 0) is 16.1 Å². The number of methoxy groups -OCH3 is 1. The van der Waals surface area contributed by atoms with Gasteiger partial charge in [0.2, 0.25) is 0 Å². The van der Waals surface area contributed by atoms with Gasteiger partial charge >= 0.3 is 0 Å². The first-order valence-corrected chi connectivity index (χ1v) is 9.18. The second-order valence-corrected chi connectivity index (χ2v) is 6.76. The number of aromatic nitrogens is 1. The molecule has 1 aliphatic rings. The second-order valence-electron chi connectivity index (χ2n) is 6.76. The predicted octanol–water partition coefficient (Wildman–Crippen LogP) is 4.15. The average Bonchev–Trinajstić information content (AvgIpc) is 2.70. The van der Waals surface area contributed by atoms with Crippen LogP contribution < -0.4 is 0 Å². The quantitative estimate of drug-likeness (QED) is 0.704. The molecular weight excluding hydrogens is 324 g/mol. The van der Waals surface area contributed by atoms with Gasteiger partial charge in [0, 0.05) is 32.6 Å². The molecule has 0 spiro atoms. The molecule has 1 aromatic carbocycles. The van der Waals surface area contributed by atoms with Gasteiger partial charge in [-0.15, -0.1) is 0 Å². The Balaban J connectivity index is 1.80. The van der Waals surface area contributed by atoms with Crippen LogP contribution in [0.25, 0.3) is 0 Å². The fourth-order valence-electron chi connectivity index (χ4n) is 3.45. The zero-order chi connectivity index (χ0) is 18.2. The van der Waals surface area contributed by atoms with Crippen molar-refractivity contribution >= 4 is 5.91 Å². The smallest absolute Gasteiger partial charge is 0.256 e. The van der Waals surface area contributed by atoms with Gasteiger partial charge in [-0.05, 0) is 42.4 Å². The molecule has 1 heterocycles. The van der Waals surface area contributed by atoms with Gasteiger partial charge in [-0.1, -0.05) is 48.6 Å². The minimum atomic E-state index is -0.577. The molecule has 0 fully saturated rings. The van der Waals surface area contributed by atoms with Gasteiger partial charge in [0.1, 0.15) is 0 Å². The molecule has 0 aliphatic heterocycles. The van der Waals surface area contributed by atoms with Crippen LogP contribution in [0.1, 0.15) is 36.5 Å². The summed E-state index contributed by atoms with van der Waals surface area (Å²) in [7, 11) is 1.60. The van der Waals surface area contributed by atoms with Crippen LogP contribution in [0.4, 0.5) is 0 Å². The number of nitrogens with zero attached hydrogens (tertiary/aromatic N) is 2. The van der Waals surface area contributed by atoms with E-state index in [0.29, 0.717) is 12.5 Å². The van der Waals surface area contributed by atoms with Crippen LogP contribution >= 0.6 is 0 Å². The molecule has 1 aliphatic carbocycles. The number of carbonyl (C=O) groups is 1. The van der Waals surface area contributed by atoms with E-state index in [0.717, 1.165) is 36.9 Å². The van der Waals surface area contributed by atoms with Crippen LogP contribution in [0, 0.1) is 5.92 Å². The van der Waals surface area contributed by atoms with Crippen molar-refractivity contribution in [2.24, 2.45) is 5.92 Å². The molecule has 2 atom stereocenters. The lowest BCUT2D eigenvalue weighted by Crippen LogP contribution is -2.39. The number of rotatable bonds is 7. The molecule has 3 rings (SSSR count). The molecule has 1 aromatic heterocycles. The Bertz CT molecular complexity index is 715. The van der Waals surface area contributed by atoms with E-state index in [1.54, 1.807) is 13.3 Å². The molecule has 4 nitrogen and oxygen atoms in total. The van der Waals surface area contributed by atoms with Gasteiger partial charge in [-0.2, -0.15) is 0 Å². The molecule has 0 saturated carbocycles. The molecule has 0 bridgehead atoms. The van der Waals surface area contributed by atoms with Crippen molar-refractivity contribution in [2.45, 2.75) is 31.9 Å². The number of hydrogen-bond donors (Lipinski definition) is 0. The summed E-state index contributed by atoms with van der Waals surface area (Å²) in [6.07, 6.45) is 10.7. The maximum atomic E-state index is 13.3. The SMILES string of the molecule is CO[C@@H](C(=O)N(Cc1cccnc1)C[C@@H]1CC=CCC1)c1ccccc1. The normalized spacial score (nSPS) is 17.7. The average molecular weight is 350 g/mol. The zero-order valence-electron chi connectivity index (χ0n) is 15.3. The van der Waals surface area contributed by atoms with Gasteiger partial charge in [0.25, 0.3) is 5.91 Å². The maximum Gasteiger partial charge on any atom is 0.256 e. The van der Waals surface area contributed by atoms with Gasteiger partial charge in [0.05, 0.1) is 0 Å². The van der Waals surface area contributed by atoms with Crippen LogP contribution in [0.5, 0.6) is 0 Å². The standard InChI is InChI=1S/C22H26N2O2/c1-26-21(20-12-6-3-7-13-20)22(25)24(16-18-9-4-2-5-10-18)17-19-11-8-14-23-15-19/h2-4,6-8,11-15,18,21H,5,9-10,16-17H2,1H3/t18-,21-/m1/s1. The molecule has 1 amide bonds. The van der Waals surface area contributed by atoms with E-state index in [9.17, 15) is 4.79 Å². The Morgan fingerprint density at radius 3 is 2.73 bits per heavy atom. The van der Waals surface area contributed by atoms with E-state index in [-0.39, 0.29) is 5.91 Å². The summed E-state index contributed by atoms with van der Waals surface area (Å²) < 4.78 is 5.59. The monoisotopic (exact) mass is 350 g/mol. The van der Waals surface area contributed by atoms with Crippen LogP contribution in [0.15, 0.2) is 67.0 Å². The summed E-state index contributed by atoms with van der Waals surface area (Å²) >= 11 is 0. The Morgan fingerprint density at radius 1 is 1.23 bits per heavy atom. The lowest BCUT2D eigenvalue weighted by molar-refractivity contribution is -0.143. The van der Waals surface area contributed by atoms with Crippen molar-refractivity contribution in [3.8, 4) is 0 Å². The fourth-order valence-corrected chi connectivity index (χ4v) is 3.45. The molecule has 0 unspecified atom stereocenters. The second kappa shape index (κ2) is 9.30. The number of ether oxygens (including phenoxy) is 1. The van der Waals surface area contributed by atoms with Crippen molar-refractivity contribution in [2.75, 3.05) is 13.7 Å². The molecule has 136 valence electrons. The highest BCUT2D eigenvalue weighted by Crippen LogP contribution is 2.24. The summed E-state index contributed by atoms with van der Waals surface area (Å²) in [5.74, 6) is 0.506. The number of benzene rings is 1. The van der Waals surface area contributed by atoms with Crippen molar-refractivity contribution in [1.29, 1.82) is 0 Å². The number of carbonyl (C=O) groups excluding carboxylic acids is 1. The number of pyridine rings is 1. The lowest BCUT2D eigenvalue weighted by atomic mass is 9.93. The predicted molar refractivity (Wildman–Crippen MR) is 102 cm³/mol. The van der Waals surface area contributed by atoms with Crippen molar-refractivity contribution in [3.63, 3.8) is 0 Å². The third kappa shape index (κ3) is 4.79. The van der Waals surface area contributed by atoms with Crippen molar-refractivity contribution in [3.05, 3.63) is 78.1 Å². The van der Waals surface area contributed by atoms with Gasteiger partial charge in [-0.3, -0.25) is 9.78 Å². The van der Waals surface area contributed by atoms with Crippen molar-refractivity contribution < 1.29 is 9.53 Å². The van der Waals surface area contributed by atoms with E-state index < -0.39 is 6.10 Å². The fraction of sp³-hybridized carbons (Fsp3) is 0.364. The summed E-state index contributed by atoms with van der Waals surface area (Å²) in [5, 5.41) is 0. The first kappa shape index (κ1) is 18.3. The molecule has 0 N–H and O–H groups in total. The highest BCUT2D eigenvalue weighted by atomic mass is 16.5. The molecular formula is C22H26N2O2. The third-order valence-electron chi connectivity index (χ3n) is 4.83. The first-order valence-electron chi connectivity index (χ1n) is 9.18. The Labute approximate surface area is 155 Å². The molecule has 26 heavy (non-hydrogen) atoms. The van der Waals surface area contributed by atoms with Gasteiger partial charge in [0.15, 0.2) is 6.10 Å². The Kier molecular flexibility index (Phi) is 6.56. The molecule has 4 heteroatoms. The third-order valence-corrected chi connectivity index (χ3v) is 4.83. The first-order chi connectivity index (χ1) is 12.8. The highest BCUT2D eigenvalue weighted by Gasteiger charge is 2.28. The van der Waals surface area contributed by atoms with E-state index in [1.807, 2.05) is 53.6 Å². The highest BCUT2D eigenvalue weighted by molar-refractivity contribution is 5.82. The van der Waals surface area contributed by atoms with E-state index >= 15 is 0 Å². The van der Waals surface area contributed by atoms with E-state index in [2.05, 4.69) is 17.1 Å². The molecule has 2 aromatic rings.